The van der Waals surface area contributed by atoms with E-state index in [1.54, 1.807) is 6.07 Å². The molecule has 0 saturated carbocycles. The van der Waals surface area contributed by atoms with E-state index < -0.39 is 0 Å². The van der Waals surface area contributed by atoms with Gasteiger partial charge in [0.25, 0.3) is 0 Å². The lowest BCUT2D eigenvalue weighted by Crippen LogP contribution is -2.36. The first-order valence-corrected chi connectivity index (χ1v) is 7.44. The molecule has 1 atom stereocenters. The number of nitrogens with one attached hydrogen (secondary N) is 1. The van der Waals surface area contributed by atoms with E-state index in [1.807, 2.05) is 6.92 Å². The van der Waals surface area contributed by atoms with Crippen LogP contribution < -0.4 is 10.1 Å². The molecular formula is C15H23BrFNO. The van der Waals surface area contributed by atoms with E-state index in [0.717, 1.165) is 23.9 Å². The van der Waals surface area contributed by atoms with Gasteiger partial charge in [-0.15, -0.1) is 0 Å². The van der Waals surface area contributed by atoms with Crippen LogP contribution in [0.2, 0.25) is 0 Å². The second kappa shape index (κ2) is 7.25. The molecule has 19 heavy (non-hydrogen) atoms. The molecule has 0 radical (unpaired) electrons. The SMILES string of the molecule is CC(CCCNC(C)(C)C)Oc1cc(F)ccc1Br. The van der Waals surface area contributed by atoms with E-state index in [1.165, 1.54) is 12.1 Å². The van der Waals surface area contributed by atoms with Gasteiger partial charge < -0.3 is 10.1 Å². The highest BCUT2D eigenvalue weighted by Crippen LogP contribution is 2.27. The van der Waals surface area contributed by atoms with Gasteiger partial charge in [-0.25, -0.2) is 4.39 Å². The van der Waals surface area contributed by atoms with Crippen LogP contribution >= 0.6 is 15.9 Å². The Bertz CT molecular complexity index is 404. The summed E-state index contributed by atoms with van der Waals surface area (Å²) in [6, 6.07) is 4.49. The van der Waals surface area contributed by atoms with Crippen molar-refractivity contribution in [2.75, 3.05) is 6.54 Å². The van der Waals surface area contributed by atoms with Gasteiger partial charge in [-0.3, -0.25) is 0 Å². The highest BCUT2D eigenvalue weighted by Gasteiger charge is 2.10. The monoisotopic (exact) mass is 331 g/mol. The molecule has 0 spiro atoms. The average Bonchev–Trinajstić information content (AvgIpc) is 2.28. The Kier molecular flexibility index (Phi) is 6.27. The van der Waals surface area contributed by atoms with Crippen molar-refractivity contribution in [3.05, 3.63) is 28.5 Å². The van der Waals surface area contributed by atoms with Crippen molar-refractivity contribution < 1.29 is 9.13 Å². The minimum atomic E-state index is -0.278. The molecule has 0 aromatic heterocycles. The third-order valence-corrected chi connectivity index (χ3v) is 3.32. The number of hydrogen-bond acceptors (Lipinski definition) is 2. The molecule has 0 aliphatic carbocycles. The highest BCUT2D eigenvalue weighted by molar-refractivity contribution is 9.10. The Morgan fingerprint density at radius 1 is 1.37 bits per heavy atom. The van der Waals surface area contributed by atoms with Gasteiger partial charge in [0.1, 0.15) is 11.6 Å². The summed E-state index contributed by atoms with van der Waals surface area (Å²) in [6.07, 6.45) is 2.04. The maximum absolute atomic E-state index is 13.1. The number of rotatable bonds is 6. The number of halogens is 2. The smallest absolute Gasteiger partial charge is 0.136 e. The van der Waals surface area contributed by atoms with Crippen LogP contribution in [0, 0.1) is 5.82 Å². The summed E-state index contributed by atoms with van der Waals surface area (Å²) in [5.74, 6) is 0.288. The van der Waals surface area contributed by atoms with E-state index in [9.17, 15) is 4.39 Å². The molecule has 0 heterocycles. The molecule has 0 amide bonds. The van der Waals surface area contributed by atoms with Crippen LogP contribution in [0.1, 0.15) is 40.5 Å². The lowest BCUT2D eigenvalue weighted by Gasteiger charge is -2.21. The van der Waals surface area contributed by atoms with Gasteiger partial charge >= 0.3 is 0 Å². The lowest BCUT2D eigenvalue weighted by atomic mass is 10.1. The molecule has 0 saturated heterocycles. The maximum atomic E-state index is 13.1. The van der Waals surface area contributed by atoms with Crippen LogP contribution in [-0.2, 0) is 0 Å². The molecule has 1 aromatic carbocycles. The van der Waals surface area contributed by atoms with Crippen LogP contribution in [0.3, 0.4) is 0 Å². The zero-order valence-corrected chi connectivity index (χ0v) is 13.7. The standard InChI is InChI=1S/C15H23BrFNO/c1-11(6-5-9-18-15(2,3)4)19-14-10-12(17)7-8-13(14)16/h7-8,10-11,18H,5-6,9H2,1-4H3. The van der Waals surface area contributed by atoms with Crippen molar-refractivity contribution in [2.45, 2.75) is 52.2 Å². The normalized spacial score (nSPS) is 13.4. The lowest BCUT2D eigenvalue weighted by molar-refractivity contribution is 0.204. The molecule has 1 rings (SSSR count). The van der Waals surface area contributed by atoms with Crippen LogP contribution in [0.4, 0.5) is 4.39 Å². The largest absolute Gasteiger partial charge is 0.489 e. The van der Waals surface area contributed by atoms with E-state index in [0.29, 0.717) is 5.75 Å². The van der Waals surface area contributed by atoms with E-state index >= 15 is 0 Å². The van der Waals surface area contributed by atoms with Gasteiger partial charge in [-0.1, -0.05) is 0 Å². The molecule has 4 heteroatoms. The van der Waals surface area contributed by atoms with Crippen molar-refractivity contribution >= 4 is 15.9 Å². The van der Waals surface area contributed by atoms with Gasteiger partial charge in [-0.2, -0.15) is 0 Å². The molecule has 0 aliphatic heterocycles. The molecule has 1 N–H and O–H groups in total. The summed E-state index contributed by atoms with van der Waals surface area (Å²) in [5.41, 5.74) is 0.148. The Labute approximate surface area is 123 Å². The Morgan fingerprint density at radius 3 is 2.68 bits per heavy atom. The molecule has 108 valence electrons. The Hall–Kier alpha value is -0.610. The zero-order chi connectivity index (χ0) is 14.5. The third kappa shape index (κ3) is 6.92. The fourth-order valence-electron chi connectivity index (χ4n) is 1.70. The number of benzene rings is 1. The fraction of sp³-hybridized carbons (Fsp3) is 0.600. The summed E-state index contributed by atoms with van der Waals surface area (Å²) >= 11 is 3.36. The van der Waals surface area contributed by atoms with Crippen molar-refractivity contribution in [1.29, 1.82) is 0 Å². The van der Waals surface area contributed by atoms with Crippen molar-refractivity contribution in [2.24, 2.45) is 0 Å². The Balaban J connectivity index is 2.35. The predicted molar refractivity (Wildman–Crippen MR) is 81.2 cm³/mol. The molecular weight excluding hydrogens is 309 g/mol. The second-order valence-corrected chi connectivity index (χ2v) is 6.68. The van der Waals surface area contributed by atoms with Crippen LogP contribution in [0.15, 0.2) is 22.7 Å². The zero-order valence-electron chi connectivity index (χ0n) is 12.1. The van der Waals surface area contributed by atoms with Crippen LogP contribution in [0.25, 0.3) is 0 Å². The highest BCUT2D eigenvalue weighted by atomic mass is 79.9. The quantitative estimate of drug-likeness (QED) is 0.773. The fourth-order valence-corrected chi connectivity index (χ4v) is 2.04. The number of hydrogen-bond donors (Lipinski definition) is 1. The predicted octanol–water partition coefficient (Wildman–Crippen LogP) is 4.52. The first kappa shape index (κ1) is 16.4. The summed E-state index contributed by atoms with van der Waals surface area (Å²) in [7, 11) is 0. The van der Waals surface area contributed by atoms with Crippen molar-refractivity contribution in [3.63, 3.8) is 0 Å². The average molecular weight is 332 g/mol. The number of ether oxygens (including phenoxy) is 1. The van der Waals surface area contributed by atoms with Gasteiger partial charge in [0.05, 0.1) is 10.6 Å². The van der Waals surface area contributed by atoms with E-state index in [4.69, 9.17) is 4.74 Å². The van der Waals surface area contributed by atoms with Crippen LogP contribution in [-0.4, -0.2) is 18.2 Å². The first-order chi connectivity index (χ1) is 8.78. The molecule has 2 nitrogen and oxygen atoms in total. The molecule has 1 aromatic rings. The van der Waals surface area contributed by atoms with Gasteiger partial charge in [0, 0.05) is 11.6 Å². The molecule has 0 aliphatic rings. The Morgan fingerprint density at radius 2 is 2.05 bits per heavy atom. The van der Waals surface area contributed by atoms with Crippen molar-refractivity contribution in [3.8, 4) is 5.75 Å². The minimum Gasteiger partial charge on any atom is -0.489 e. The van der Waals surface area contributed by atoms with Gasteiger partial charge in [0.2, 0.25) is 0 Å². The summed E-state index contributed by atoms with van der Waals surface area (Å²) in [6.45, 7) is 9.42. The summed E-state index contributed by atoms with van der Waals surface area (Å²) < 4.78 is 19.7. The maximum Gasteiger partial charge on any atom is 0.136 e. The topological polar surface area (TPSA) is 21.3 Å². The second-order valence-electron chi connectivity index (χ2n) is 5.82. The summed E-state index contributed by atoms with van der Waals surface area (Å²) in [4.78, 5) is 0. The van der Waals surface area contributed by atoms with Gasteiger partial charge in [0.15, 0.2) is 0 Å². The molecule has 0 bridgehead atoms. The van der Waals surface area contributed by atoms with Gasteiger partial charge in [-0.05, 0) is 75.1 Å². The van der Waals surface area contributed by atoms with Crippen LogP contribution in [0.5, 0.6) is 5.75 Å². The van der Waals surface area contributed by atoms with Crippen molar-refractivity contribution in [1.82, 2.24) is 5.32 Å². The van der Waals surface area contributed by atoms with E-state index in [-0.39, 0.29) is 17.5 Å². The molecule has 1 unspecified atom stereocenters. The summed E-state index contributed by atoms with van der Waals surface area (Å²) in [5, 5.41) is 3.44. The minimum absolute atomic E-state index is 0.0693. The van der Waals surface area contributed by atoms with E-state index in [2.05, 4.69) is 42.0 Å². The third-order valence-electron chi connectivity index (χ3n) is 2.66. The first-order valence-electron chi connectivity index (χ1n) is 6.64. The molecule has 0 fully saturated rings.